The van der Waals surface area contributed by atoms with E-state index in [2.05, 4.69) is 20.9 Å². The van der Waals surface area contributed by atoms with Crippen LogP contribution in [-0.4, -0.2) is 88.6 Å². The fourth-order valence-electron chi connectivity index (χ4n) is 2.63. The van der Waals surface area contributed by atoms with Gasteiger partial charge in [0.2, 0.25) is 17.7 Å². The van der Waals surface area contributed by atoms with Crippen molar-refractivity contribution in [3.63, 3.8) is 0 Å². The SMILES string of the molecule is CSCCC(N)C(=O)NC(CCCN=C(N)N)C(=O)NC(C)C(=O)NC(CCC(=O)O)C(=O)O. The number of nitrogens with one attached hydrogen (secondary N) is 3. The highest BCUT2D eigenvalue weighted by Crippen LogP contribution is 2.04. The predicted molar refractivity (Wildman–Crippen MR) is 127 cm³/mol. The Kier molecular flexibility index (Phi) is 15.0. The molecule has 4 unspecified atom stereocenters. The number of aliphatic imine (C=N–C) groups is 1. The van der Waals surface area contributed by atoms with E-state index in [4.69, 9.17) is 22.3 Å². The van der Waals surface area contributed by atoms with Crippen molar-refractivity contribution in [1.82, 2.24) is 16.0 Å². The third-order valence-electron chi connectivity index (χ3n) is 4.56. The van der Waals surface area contributed by atoms with E-state index in [1.165, 1.54) is 18.7 Å². The lowest BCUT2D eigenvalue weighted by atomic mass is 10.1. The van der Waals surface area contributed by atoms with Gasteiger partial charge in [0.05, 0.1) is 6.04 Å². The maximum Gasteiger partial charge on any atom is 0.326 e. The molecule has 15 heteroatoms. The number of carbonyl (C=O) groups is 5. The molecule has 0 aromatic heterocycles. The Bertz CT molecular complexity index is 747. The molecule has 0 heterocycles. The van der Waals surface area contributed by atoms with E-state index in [-0.39, 0.29) is 25.3 Å². The Hall–Kier alpha value is -3.07. The molecule has 3 amide bonds. The van der Waals surface area contributed by atoms with E-state index in [0.29, 0.717) is 18.6 Å². The van der Waals surface area contributed by atoms with Crippen molar-refractivity contribution in [1.29, 1.82) is 0 Å². The van der Waals surface area contributed by atoms with Gasteiger partial charge in [-0.05, 0) is 44.6 Å². The number of amides is 3. The second-order valence-electron chi connectivity index (χ2n) is 7.46. The maximum absolute atomic E-state index is 12.8. The van der Waals surface area contributed by atoms with Crippen molar-refractivity contribution >= 4 is 47.4 Å². The first-order valence-electron chi connectivity index (χ1n) is 10.5. The molecule has 0 rings (SSSR count). The van der Waals surface area contributed by atoms with Gasteiger partial charge in [-0.3, -0.25) is 24.2 Å². The molecule has 0 fully saturated rings. The summed E-state index contributed by atoms with van der Waals surface area (Å²) in [5, 5.41) is 25.1. The van der Waals surface area contributed by atoms with Crippen LogP contribution in [-0.2, 0) is 24.0 Å². The van der Waals surface area contributed by atoms with Gasteiger partial charge in [0.15, 0.2) is 5.96 Å². The number of carbonyl (C=O) groups excluding carboxylic acids is 3. The maximum atomic E-state index is 12.8. The first-order valence-corrected chi connectivity index (χ1v) is 11.9. The first kappa shape index (κ1) is 30.9. The Morgan fingerprint density at radius 1 is 0.912 bits per heavy atom. The van der Waals surface area contributed by atoms with E-state index >= 15 is 0 Å². The lowest BCUT2D eigenvalue weighted by Gasteiger charge is -2.23. The van der Waals surface area contributed by atoms with Crippen LogP contribution in [0.2, 0.25) is 0 Å². The molecule has 34 heavy (non-hydrogen) atoms. The minimum Gasteiger partial charge on any atom is -0.481 e. The average molecular weight is 506 g/mol. The average Bonchev–Trinajstić information content (AvgIpc) is 2.75. The van der Waals surface area contributed by atoms with E-state index in [1.807, 2.05) is 6.26 Å². The summed E-state index contributed by atoms with van der Waals surface area (Å²) in [6.45, 7) is 1.53. The molecule has 4 atom stereocenters. The van der Waals surface area contributed by atoms with Gasteiger partial charge in [-0.25, -0.2) is 4.79 Å². The van der Waals surface area contributed by atoms with Crippen LogP contribution in [0.1, 0.15) is 39.0 Å². The number of rotatable bonds is 17. The van der Waals surface area contributed by atoms with Crippen molar-refractivity contribution < 1.29 is 34.2 Å². The van der Waals surface area contributed by atoms with E-state index in [0.717, 1.165) is 0 Å². The van der Waals surface area contributed by atoms with Crippen LogP contribution < -0.4 is 33.2 Å². The number of guanidine groups is 1. The van der Waals surface area contributed by atoms with Crippen LogP contribution in [0.15, 0.2) is 4.99 Å². The zero-order valence-electron chi connectivity index (χ0n) is 19.3. The molecule has 0 aliphatic rings. The standard InChI is InChI=1S/C19H35N7O7S/c1-10(15(29)26-13(18(32)33)5-6-14(27)28)24-17(31)12(4-3-8-23-19(21)22)25-16(30)11(20)7-9-34-2/h10-13H,3-9,20H2,1-2H3,(H,24,31)(H,25,30)(H,26,29)(H,27,28)(H,32,33)(H4,21,22,23). The Morgan fingerprint density at radius 3 is 2.06 bits per heavy atom. The monoisotopic (exact) mass is 505 g/mol. The lowest BCUT2D eigenvalue weighted by molar-refractivity contribution is -0.143. The molecule has 0 aromatic rings. The highest BCUT2D eigenvalue weighted by atomic mass is 32.2. The second kappa shape index (κ2) is 16.5. The van der Waals surface area contributed by atoms with Crippen LogP contribution >= 0.6 is 11.8 Å². The number of aliphatic carboxylic acids is 2. The van der Waals surface area contributed by atoms with Crippen LogP contribution in [0.4, 0.5) is 0 Å². The topological polar surface area (TPSA) is 252 Å². The quantitative estimate of drug-likeness (QED) is 0.0584. The lowest BCUT2D eigenvalue weighted by Crippen LogP contribution is -2.56. The number of hydrogen-bond donors (Lipinski definition) is 8. The van der Waals surface area contributed by atoms with Crippen LogP contribution in [0.5, 0.6) is 0 Å². The summed E-state index contributed by atoms with van der Waals surface area (Å²) in [4.78, 5) is 63.3. The molecule has 14 nitrogen and oxygen atoms in total. The summed E-state index contributed by atoms with van der Waals surface area (Å²) in [7, 11) is 0. The largest absolute Gasteiger partial charge is 0.481 e. The summed E-state index contributed by atoms with van der Waals surface area (Å²) in [5.74, 6) is -4.13. The van der Waals surface area contributed by atoms with Crippen molar-refractivity contribution in [3.05, 3.63) is 0 Å². The summed E-state index contributed by atoms with van der Waals surface area (Å²) < 4.78 is 0. The zero-order valence-corrected chi connectivity index (χ0v) is 20.1. The molecule has 0 spiro atoms. The minimum atomic E-state index is -1.44. The highest BCUT2D eigenvalue weighted by Gasteiger charge is 2.28. The molecule has 0 saturated carbocycles. The smallest absolute Gasteiger partial charge is 0.326 e. The van der Waals surface area contributed by atoms with Gasteiger partial charge in [-0.2, -0.15) is 11.8 Å². The fraction of sp³-hybridized carbons (Fsp3) is 0.684. The van der Waals surface area contributed by atoms with E-state index in [1.54, 1.807) is 0 Å². The van der Waals surface area contributed by atoms with Crippen molar-refractivity contribution in [2.24, 2.45) is 22.2 Å². The molecule has 11 N–H and O–H groups in total. The number of carboxylic acid groups (broad SMARTS) is 2. The minimum absolute atomic E-state index is 0.120. The normalized spacial score (nSPS) is 14.1. The van der Waals surface area contributed by atoms with Crippen molar-refractivity contribution in [3.8, 4) is 0 Å². The second-order valence-corrected chi connectivity index (χ2v) is 8.45. The van der Waals surface area contributed by atoms with Crippen LogP contribution in [0.3, 0.4) is 0 Å². The van der Waals surface area contributed by atoms with Gasteiger partial charge in [0.1, 0.15) is 18.1 Å². The van der Waals surface area contributed by atoms with E-state index < -0.39 is 60.2 Å². The zero-order chi connectivity index (χ0) is 26.3. The number of nitrogens with two attached hydrogens (primary N) is 3. The summed E-state index contributed by atoms with van der Waals surface area (Å²) in [6, 6.07) is -4.47. The number of thioether (sulfide) groups is 1. The molecular formula is C19H35N7O7S. The van der Waals surface area contributed by atoms with Gasteiger partial charge in [-0.1, -0.05) is 0 Å². The van der Waals surface area contributed by atoms with Crippen LogP contribution in [0.25, 0.3) is 0 Å². The molecule has 0 radical (unpaired) electrons. The first-order chi connectivity index (χ1) is 15.9. The molecule has 194 valence electrons. The summed E-state index contributed by atoms with van der Waals surface area (Å²) >= 11 is 1.52. The number of nitrogens with zero attached hydrogens (tertiary/aromatic N) is 1. The Balaban J connectivity index is 5.16. The van der Waals surface area contributed by atoms with Gasteiger partial charge in [0.25, 0.3) is 0 Å². The van der Waals surface area contributed by atoms with Crippen molar-refractivity contribution in [2.75, 3.05) is 18.6 Å². The van der Waals surface area contributed by atoms with Gasteiger partial charge >= 0.3 is 11.9 Å². The molecule has 0 aliphatic carbocycles. The molecule has 0 aliphatic heterocycles. The summed E-state index contributed by atoms with van der Waals surface area (Å²) in [5.41, 5.74) is 16.4. The molecule has 0 aromatic carbocycles. The van der Waals surface area contributed by atoms with Gasteiger partial charge in [0, 0.05) is 13.0 Å². The summed E-state index contributed by atoms with van der Waals surface area (Å²) in [6.07, 6.45) is 1.98. The number of carboxylic acids is 2. The molecule has 0 bridgehead atoms. The van der Waals surface area contributed by atoms with Crippen LogP contribution in [0, 0.1) is 0 Å². The Morgan fingerprint density at radius 2 is 1.53 bits per heavy atom. The molecule has 0 saturated heterocycles. The number of hydrogen-bond acceptors (Lipinski definition) is 8. The fourth-order valence-corrected chi connectivity index (χ4v) is 3.12. The third-order valence-corrected chi connectivity index (χ3v) is 5.21. The van der Waals surface area contributed by atoms with E-state index in [9.17, 15) is 29.1 Å². The third kappa shape index (κ3) is 13.5. The predicted octanol–water partition coefficient (Wildman–Crippen LogP) is -2.46. The Labute approximate surface area is 201 Å². The van der Waals surface area contributed by atoms with Gasteiger partial charge < -0.3 is 43.4 Å². The van der Waals surface area contributed by atoms with Crippen molar-refractivity contribution in [2.45, 2.75) is 63.2 Å². The highest BCUT2D eigenvalue weighted by molar-refractivity contribution is 7.98. The van der Waals surface area contributed by atoms with Gasteiger partial charge in [-0.15, -0.1) is 0 Å². The molecular weight excluding hydrogens is 470 g/mol.